The Morgan fingerprint density at radius 1 is 0.727 bits per heavy atom. The maximum absolute atomic E-state index is 13.9. The second-order valence-electron chi connectivity index (χ2n) is 7.37. The summed E-state index contributed by atoms with van der Waals surface area (Å²) < 4.78 is 212. The Morgan fingerprint density at radius 3 is 1.52 bits per heavy atom. The molecule has 196 valence electrons. The Kier molecular flexibility index (Phi) is 7.33. The van der Waals surface area contributed by atoms with Gasteiger partial charge in [0.2, 0.25) is 0 Å². The monoisotopic (exact) mass is 527 g/mol. The highest BCUT2D eigenvalue weighted by atomic mass is 19.4. The first kappa shape index (κ1) is 29.4. The highest BCUT2D eigenvalue weighted by Gasteiger charge is 2.94. The van der Waals surface area contributed by atoms with E-state index in [-0.39, 0.29) is 17.7 Å². The number of halogens is 16. The van der Waals surface area contributed by atoms with Crippen LogP contribution >= 0.6 is 0 Å². The van der Waals surface area contributed by atoms with E-state index in [0.29, 0.717) is 0 Å². The van der Waals surface area contributed by atoms with Crippen LogP contribution in [-0.4, -0.2) is 71.8 Å². The number of amides is 1. The van der Waals surface area contributed by atoms with Gasteiger partial charge in [-0.3, -0.25) is 4.79 Å². The Hall–Kier alpha value is -1.65. The smallest absolute Gasteiger partial charge is 0.337 e. The maximum Gasteiger partial charge on any atom is 0.392 e. The fourth-order valence-corrected chi connectivity index (χ4v) is 2.84. The lowest BCUT2D eigenvalue weighted by molar-refractivity contribution is -0.444. The van der Waals surface area contributed by atoms with Gasteiger partial charge in [0.05, 0.1) is 0 Å². The summed E-state index contributed by atoms with van der Waals surface area (Å²) in [5.74, 6) is -59.7. The molecule has 18 heteroatoms. The lowest BCUT2D eigenvalue weighted by Gasteiger charge is -2.43. The number of piperidine rings is 1. The minimum atomic E-state index is -8.50. The van der Waals surface area contributed by atoms with Crippen molar-refractivity contribution in [3.05, 3.63) is 0 Å². The van der Waals surface area contributed by atoms with Gasteiger partial charge in [0.1, 0.15) is 0 Å². The van der Waals surface area contributed by atoms with Crippen molar-refractivity contribution in [2.75, 3.05) is 13.1 Å². The van der Waals surface area contributed by atoms with Crippen LogP contribution in [0.4, 0.5) is 70.2 Å². The van der Waals surface area contributed by atoms with E-state index in [0.717, 1.165) is 0 Å². The van der Waals surface area contributed by atoms with Crippen LogP contribution in [0, 0.1) is 5.92 Å². The van der Waals surface area contributed by atoms with Crippen molar-refractivity contribution in [2.24, 2.45) is 5.92 Å². The SMILES string of the molecule is CC1CCCN(C(=O)C(F)(F)C(F)(F)C(F)(F)C(F)(F)C(F)(F)C(F)(F)C(F)(F)C(F)F)C1. The van der Waals surface area contributed by atoms with Gasteiger partial charge < -0.3 is 4.90 Å². The van der Waals surface area contributed by atoms with Crippen LogP contribution in [-0.2, 0) is 4.79 Å². The summed E-state index contributed by atoms with van der Waals surface area (Å²) in [4.78, 5) is 11.4. The molecule has 0 bridgehead atoms. The van der Waals surface area contributed by atoms with Crippen molar-refractivity contribution >= 4 is 5.91 Å². The van der Waals surface area contributed by atoms with E-state index in [1.807, 2.05) is 0 Å². The van der Waals surface area contributed by atoms with Gasteiger partial charge >= 0.3 is 47.9 Å². The van der Waals surface area contributed by atoms with E-state index < -0.39 is 72.8 Å². The molecule has 1 saturated heterocycles. The predicted octanol–water partition coefficient (Wildman–Crippen LogP) is 5.96. The Bertz CT molecular complexity index is 733. The third-order valence-electron chi connectivity index (χ3n) is 4.88. The van der Waals surface area contributed by atoms with Crippen LogP contribution in [0.1, 0.15) is 19.8 Å². The first-order valence-corrected chi connectivity index (χ1v) is 8.57. The molecule has 0 radical (unpaired) electrons. The normalized spacial score (nSPS) is 20.4. The molecule has 1 atom stereocenters. The fraction of sp³-hybridized carbons (Fsp3) is 0.933. The largest absolute Gasteiger partial charge is 0.392 e. The molecular weight excluding hydrogens is 514 g/mol. The Balaban J connectivity index is 3.54. The summed E-state index contributed by atoms with van der Waals surface area (Å²) in [7, 11) is 0. The van der Waals surface area contributed by atoms with Crippen molar-refractivity contribution < 1.29 is 75.0 Å². The van der Waals surface area contributed by atoms with Crippen LogP contribution in [0.5, 0.6) is 0 Å². The number of carbonyl (C=O) groups excluding carboxylic acids is 1. The number of hydrogen-bond acceptors (Lipinski definition) is 1. The van der Waals surface area contributed by atoms with Crippen LogP contribution in [0.25, 0.3) is 0 Å². The van der Waals surface area contributed by atoms with E-state index in [1.165, 1.54) is 6.92 Å². The summed E-state index contributed by atoms with van der Waals surface area (Å²) in [5, 5.41) is 0. The third kappa shape index (κ3) is 3.97. The molecule has 1 rings (SSSR count). The highest BCUT2D eigenvalue weighted by Crippen LogP contribution is 2.62. The van der Waals surface area contributed by atoms with Crippen molar-refractivity contribution in [1.29, 1.82) is 0 Å². The van der Waals surface area contributed by atoms with Crippen molar-refractivity contribution in [2.45, 2.75) is 67.6 Å². The minimum absolute atomic E-state index is 0.159. The number of rotatable bonds is 8. The third-order valence-corrected chi connectivity index (χ3v) is 4.88. The molecule has 1 unspecified atom stereocenters. The standard InChI is InChI=1S/C15H13F16NO/c1-6-3-2-4-32(5-6)8(33)10(20,21)12(24,25)14(28,29)15(30,31)13(26,27)11(22,23)9(18,19)7(16)17/h6-7H,2-5H2,1H3. The van der Waals surface area contributed by atoms with Gasteiger partial charge in [-0.15, -0.1) is 0 Å². The second kappa shape index (κ2) is 8.23. The Labute approximate surface area is 173 Å². The molecule has 1 amide bonds. The van der Waals surface area contributed by atoms with Crippen molar-refractivity contribution in [3.63, 3.8) is 0 Å². The van der Waals surface area contributed by atoms with E-state index in [9.17, 15) is 75.0 Å². The highest BCUT2D eigenvalue weighted by molar-refractivity contribution is 5.85. The van der Waals surface area contributed by atoms with Crippen LogP contribution in [0.15, 0.2) is 0 Å². The van der Waals surface area contributed by atoms with Gasteiger partial charge in [0.15, 0.2) is 0 Å². The molecule has 0 aromatic carbocycles. The van der Waals surface area contributed by atoms with Crippen LogP contribution < -0.4 is 0 Å². The van der Waals surface area contributed by atoms with Gasteiger partial charge in [-0.05, 0) is 18.8 Å². The zero-order chi connectivity index (χ0) is 26.6. The number of hydrogen-bond donors (Lipinski definition) is 0. The lowest BCUT2D eigenvalue weighted by Crippen LogP contribution is -2.75. The predicted molar refractivity (Wildman–Crippen MR) is 75.6 cm³/mol. The number of carbonyl (C=O) groups is 1. The van der Waals surface area contributed by atoms with Crippen molar-refractivity contribution in [3.8, 4) is 0 Å². The van der Waals surface area contributed by atoms with Crippen LogP contribution in [0.3, 0.4) is 0 Å². The molecule has 0 aliphatic carbocycles. The van der Waals surface area contributed by atoms with E-state index in [1.54, 1.807) is 0 Å². The van der Waals surface area contributed by atoms with Gasteiger partial charge in [-0.2, -0.15) is 61.5 Å². The number of alkyl halides is 16. The summed E-state index contributed by atoms with van der Waals surface area (Å²) in [6.45, 7) is -0.308. The van der Waals surface area contributed by atoms with Gasteiger partial charge in [-0.1, -0.05) is 6.92 Å². The Morgan fingerprint density at radius 2 is 1.12 bits per heavy atom. The average molecular weight is 527 g/mol. The quantitative estimate of drug-likeness (QED) is 0.357. The van der Waals surface area contributed by atoms with Gasteiger partial charge in [-0.25, -0.2) is 8.78 Å². The minimum Gasteiger partial charge on any atom is -0.337 e. The van der Waals surface area contributed by atoms with Gasteiger partial charge in [0.25, 0.3) is 5.91 Å². The molecule has 0 aromatic rings. The molecule has 1 aliphatic heterocycles. The van der Waals surface area contributed by atoms with E-state index in [4.69, 9.17) is 0 Å². The first-order chi connectivity index (χ1) is 14.4. The second-order valence-corrected chi connectivity index (χ2v) is 7.37. The number of likely N-dealkylation sites (tertiary alicyclic amines) is 1. The van der Waals surface area contributed by atoms with Crippen molar-refractivity contribution in [1.82, 2.24) is 4.90 Å². The molecule has 0 N–H and O–H groups in total. The molecular formula is C15H13F16NO. The summed E-state index contributed by atoms with van der Waals surface area (Å²) in [6, 6.07) is 0. The molecule has 33 heavy (non-hydrogen) atoms. The van der Waals surface area contributed by atoms with Crippen LogP contribution in [0.2, 0.25) is 0 Å². The molecule has 2 nitrogen and oxygen atoms in total. The molecule has 0 saturated carbocycles. The summed E-state index contributed by atoms with van der Waals surface area (Å²) in [6.07, 6.45) is -5.83. The zero-order valence-electron chi connectivity index (χ0n) is 15.9. The molecule has 0 aromatic heterocycles. The topological polar surface area (TPSA) is 20.3 Å². The average Bonchev–Trinajstić information content (AvgIpc) is 2.66. The number of nitrogens with zero attached hydrogens (tertiary/aromatic N) is 1. The maximum atomic E-state index is 13.9. The molecule has 0 spiro atoms. The molecule has 1 fully saturated rings. The van der Waals surface area contributed by atoms with Gasteiger partial charge in [0, 0.05) is 13.1 Å². The fourth-order valence-electron chi connectivity index (χ4n) is 2.84. The zero-order valence-corrected chi connectivity index (χ0v) is 15.9. The summed E-state index contributed by atoms with van der Waals surface area (Å²) in [5.41, 5.74) is 0. The van der Waals surface area contributed by atoms with E-state index in [2.05, 4.69) is 0 Å². The molecule has 1 heterocycles. The first-order valence-electron chi connectivity index (χ1n) is 8.57. The molecule has 1 aliphatic rings. The summed E-state index contributed by atoms with van der Waals surface area (Å²) >= 11 is 0. The lowest BCUT2D eigenvalue weighted by atomic mass is 9.88. The van der Waals surface area contributed by atoms with E-state index >= 15 is 0 Å².